The smallest absolute Gasteiger partial charge is 0.216 e. The first kappa shape index (κ1) is 31.2. The minimum atomic E-state index is -2.28. The maximum atomic E-state index is 10.9. The van der Waals surface area contributed by atoms with E-state index in [0.29, 0.717) is 0 Å². The summed E-state index contributed by atoms with van der Waals surface area (Å²) in [5, 5.41) is 81.3. The highest BCUT2D eigenvalue weighted by Gasteiger charge is 2.56. The predicted octanol–water partition coefficient (Wildman–Crippen LogP) is -9.07. The molecule has 19 nitrogen and oxygen atoms in total. The Morgan fingerprint density at radius 2 is 1.24 bits per heavy atom. The van der Waals surface area contributed by atoms with E-state index in [1.165, 1.54) is 0 Å². The molecular weight excluding hydrogens is 520 g/mol. The molecule has 0 saturated carbocycles. The Morgan fingerprint density at radius 3 is 1.76 bits per heavy atom. The second-order valence-electron chi connectivity index (χ2n) is 9.35. The Kier molecular flexibility index (Phi) is 10.2. The molecule has 0 bridgehead atoms. The predicted molar refractivity (Wildman–Crippen MR) is 122 cm³/mol. The molecule has 3 aliphatic heterocycles. The molecule has 19 heteroatoms. The quantitative estimate of drug-likeness (QED) is 0.0970. The topological polar surface area (TPSA) is 350 Å². The number of nitrogens with two attached hydrogens (primary N) is 5. The van der Waals surface area contributed by atoms with Crippen LogP contribution < -0.4 is 28.7 Å². The Balaban J connectivity index is 1.79. The minimum absolute atomic E-state index is 0.599. The highest BCUT2D eigenvalue weighted by atomic mass is 16.7. The molecule has 38 heavy (non-hydrogen) atoms. The zero-order valence-electron chi connectivity index (χ0n) is 20.2. The fraction of sp³-hybridized carbons (Fsp3) is 0.947. The fourth-order valence-corrected chi connectivity index (χ4v) is 4.54. The van der Waals surface area contributed by atoms with Crippen LogP contribution in [0.4, 0.5) is 0 Å². The number of aliphatic imine (C=N–C) groups is 1. The second kappa shape index (κ2) is 12.4. The van der Waals surface area contributed by atoms with E-state index in [2.05, 4.69) is 4.99 Å². The first-order valence-electron chi connectivity index (χ1n) is 11.7. The number of rotatable bonds is 8. The molecule has 3 aliphatic rings. The largest absolute Gasteiger partial charge is 0.394 e. The van der Waals surface area contributed by atoms with Gasteiger partial charge in [-0.3, -0.25) is 0 Å². The normalized spacial score (nSPS) is 50.0. The number of ether oxygens (including phenoxy) is 5. The molecule has 0 spiro atoms. The number of nitrogens with zero attached hydrogens (tertiary/aromatic N) is 1. The highest BCUT2D eigenvalue weighted by molar-refractivity contribution is 5.76. The number of aliphatic hydroxyl groups is 8. The molecule has 3 saturated heterocycles. The van der Waals surface area contributed by atoms with Gasteiger partial charge in [-0.1, -0.05) is 0 Å². The van der Waals surface area contributed by atoms with Crippen molar-refractivity contribution in [1.29, 1.82) is 0 Å². The van der Waals surface area contributed by atoms with Crippen LogP contribution >= 0.6 is 0 Å². The van der Waals surface area contributed by atoms with Crippen LogP contribution in [-0.4, -0.2) is 158 Å². The second-order valence-corrected chi connectivity index (χ2v) is 9.35. The molecule has 3 heterocycles. The van der Waals surface area contributed by atoms with Gasteiger partial charge in [-0.05, 0) is 0 Å². The van der Waals surface area contributed by atoms with Gasteiger partial charge < -0.3 is 93.2 Å². The Bertz CT molecular complexity index is 809. The van der Waals surface area contributed by atoms with E-state index < -0.39 is 117 Å². The summed E-state index contributed by atoms with van der Waals surface area (Å²) in [7, 11) is 0. The van der Waals surface area contributed by atoms with Crippen LogP contribution in [0.3, 0.4) is 0 Å². The molecular formula is C19H38N6O13. The molecule has 222 valence electrons. The van der Waals surface area contributed by atoms with Crippen LogP contribution in [0.2, 0.25) is 0 Å². The lowest BCUT2D eigenvalue weighted by Crippen LogP contribution is -2.71. The van der Waals surface area contributed by atoms with Gasteiger partial charge in [-0.15, -0.1) is 0 Å². The van der Waals surface area contributed by atoms with Crippen molar-refractivity contribution >= 4 is 5.96 Å². The van der Waals surface area contributed by atoms with Crippen molar-refractivity contribution in [1.82, 2.24) is 0 Å². The summed E-state index contributed by atoms with van der Waals surface area (Å²) >= 11 is 0. The van der Waals surface area contributed by atoms with Crippen molar-refractivity contribution in [3.8, 4) is 0 Å². The van der Waals surface area contributed by atoms with Crippen LogP contribution in [0.25, 0.3) is 0 Å². The lowest BCUT2D eigenvalue weighted by atomic mass is 9.92. The van der Waals surface area contributed by atoms with E-state index in [4.69, 9.17) is 52.4 Å². The van der Waals surface area contributed by atoms with Gasteiger partial charge in [0.1, 0.15) is 48.8 Å². The molecule has 15 atom stereocenters. The summed E-state index contributed by atoms with van der Waals surface area (Å²) in [6.45, 7) is -2.46. The summed E-state index contributed by atoms with van der Waals surface area (Å²) in [6, 6.07) is -4.17. The first-order chi connectivity index (χ1) is 17.8. The van der Waals surface area contributed by atoms with Crippen molar-refractivity contribution in [3.63, 3.8) is 0 Å². The lowest BCUT2D eigenvalue weighted by Gasteiger charge is -2.50. The third kappa shape index (κ3) is 5.88. The van der Waals surface area contributed by atoms with E-state index in [1.54, 1.807) is 0 Å². The van der Waals surface area contributed by atoms with Gasteiger partial charge in [0.25, 0.3) is 0 Å². The van der Waals surface area contributed by atoms with Crippen molar-refractivity contribution in [2.24, 2.45) is 33.7 Å². The van der Waals surface area contributed by atoms with Crippen LogP contribution in [0.1, 0.15) is 0 Å². The number of hydrogen-bond donors (Lipinski definition) is 13. The van der Waals surface area contributed by atoms with E-state index in [1.807, 2.05) is 0 Å². The first-order valence-corrected chi connectivity index (χ1v) is 11.7. The minimum Gasteiger partial charge on any atom is -0.394 e. The Morgan fingerprint density at radius 1 is 0.737 bits per heavy atom. The third-order valence-corrected chi connectivity index (χ3v) is 6.76. The van der Waals surface area contributed by atoms with E-state index in [0.717, 1.165) is 0 Å². The summed E-state index contributed by atoms with van der Waals surface area (Å²) in [4.78, 5) is 3.66. The SMILES string of the molecule is NC(N)=N[C@@]1(CO)O[C@@H](OC2[C@H](O)C(N)[C@H](OC3C(O)C(N)C(O)O[C@@H]3CO)O[C@@H]2CO)[C@H](N)[C@@H](O)[C@@H]1O. The van der Waals surface area contributed by atoms with Crippen molar-refractivity contribution in [2.45, 2.75) is 91.6 Å². The van der Waals surface area contributed by atoms with Crippen LogP contribution in [-0.2, 0) is 23.7 Å². The van der Waals surface area contributed by atoms with Crippen molar-refractivity contribution < 1.29 is 64.5 Å². The molecule has 0 radical (unpaired) electrons. The zero-order valence-corrected chi connectivity index (χ0v) is 20.2. The maximum absolute atomic E-state index is 10.9. The number of guanidine groups is 1. The molecule has 0 amide bonds. The summed E-state index contributed by atoms with van der Waals surface area (Å²) in [5.41, 5.74) is 26.2. The molecule has 18 N–H and O–H groups in total. The molecule has 0 aromatic rings. The van der Waals surface area contributed by atoms with Crippen molar-refractivity contribution in [3.05, 3.63) is 0 Å². The average Bonchev–Trinajstić information content (AvgIpc) is 2.89. The molecule has 6 unspecified atom stereocenters. The van der Waals surface area contributed by atoms with Gasteiger partial charge in [-0.25, -0.2) is 4.99 Å². The molecule has 0 aromatic heterocycles. The van der Waals surface area contributed by atoms with Gasteiger partial charge in [0.2, 0.25) is 5.72 Å². The molecule has 0 aromatic carbocycles. The molecule has 0 aliphatic carbocycles. The highest BCUT2D eigenvalue weighted by Crippen LogP contribution is 2.34. The van der Waals surface area contributed by atoms with Gasteiger partial charge in [0.05, 0.1) is 37.9 Å². The van der Waals surface area contributed by atoms with Crippen LogP contribution in [0, 0.1) is 0 Å². The van der Waals surface area contributed by atoms with Crippen LogP contribution in [0.5, 0.6) is 0 Å². The Labute approximate surface area is 216 Å². The number of aliphatic hydroxyl groups excluding tert-OH is 8. The van der Waals surface area contributed by atoms with Gasteiger partial charge >= 0.3 is 0 Å². The van der Waals surface area contributed by atoms with Crippen molar-refractivity contribution in [2.75, 3.05) is 19.8 Å². The lowest BCUT2D eigenvalue weighted by molar-refractivity contribution is -0.359. The zero-order chi connectivity index (χ0) is 28.5. The molecule has 3 rings (SSSR count). The molecule has 3 fully saturated rings. The average molecular weight is 559 g/mol. The van der Waals surface area contributed by atoms with Gasteiger partial charge in [-0.2, -0.15) is 0 Å². The van der Waals surface area contributed by atoms with Crippen LogP contribution in [0.15, 0.2) is 4.99 Å². The fourth-order valence-electron chi connectivity index (χ4n) is 4.54. The summed E-state index contributed by atoms with van der Waals surface area (Å²) < 4.78 is 27.7. The van der Waals surface area contributed by atoms with E-state index >= 15 is 0 Å². The summed E-state index contributed by atoms with van der Waals surface area (Å²) in [6.07, 6.45) is -17.0. The van der Waals surface area contributed by atoms with E-state index in [9.17, 15) is 40.9 Å². The summed E-state index contributed by atoms with van der Waals surface area (Å²) in [5.74, 6) is -0.599. The standard InChI is InChI=1S/C19H38N6O13/c20-6-9(29)12(4(1-26)34-15(6)33)36-16-7(21)10(30)13(5(2-27)35-16)37-17-8(22)11(31)14(32)19(3-28,38-17)25-18(23)24/h4-17,26-33H,1-3,20-22H2,(H4,23,24,25)/t4-,5-,6?,7?,8-,9?,10-,11-,12?,13?,14+,15?,16+,17-,19+/m1/s1. The third-order valence-electron chi connectivity index (χ3n) is 6.76. The van der Waals surface area contributed by atoms with Gasteiger partial charge in [0.15, 0.2) is 24.8 Å². The van der Waals surface area contributed by atoms with Gasteiger partial charge in [0, 0.05) is 0 Å². The monoisotopic (exact) mass is 558 g/mol. The number of hydrogen-bond acceptors (Lipinski definition) is 17. The maximum Gasteiger partial charge on any atom is 0.216 e. The Hall–Kier alpha value is -1.37. The van der Waals surface area contributed by atoms with E-state index in [-0.39, 0.29) is 0 Å².